The van der Waals surface area contributed by atoms with Gasteiger partial charge in [-0.1, -0.05) is 41.4 Å². The summed E-state index contributed by atoms with van der Waals surface area (Å²) in [6.45, 7) is 4.62. The van der Waals surface area contributed by atoms with E-state index in [2.05, 4.69) is 0 Å². The monoisotopic (exact) mass is 479 g/mol. The van der Waals surface area contributed by atoms with Gasteiger partial charge in [-0.25, -0.2) is 22.3 Å². The standard InChI is InChI=1S/C22H26ClN3O5S/c1-3-31-22(28)25-13-11-24(12-14-25)21(27)26(16-18-5-4-6-19(23)15-18)32(29,30)20-9-7-17(2)8-10-20/h4-10,15H,3,11-14,16H2,1-2H3. The van der Waals surface area contributed by atoms with Crippen molar-refractivity contribution in [2.24, 2.45) is 0 Å². The lowest BCUT2D eigenvalue weighted by Crippen LogP contribution is -2.54. The van der Waals surface area contributed by atoms with E-state index in [0.29, 0.717) is 10.6 Å². The molecule has 0 aromatic heterocycles. The maximum absolute atomic E-state index is 13.4. The first kappa shape index (κ1) is 23.9. The topological polar surface area (TPSA) is 87.2 Å². The van der Waals surface area contributed by atoms with Gasteiger partial charge in [0.25, 0.3) is 10.0 Å². The number of amides is 3. The van der Waals surface area contributed by atoms with Crippen molar-refractivity contribution in [2.45, 2.75) is 25.3 Å². The molecule has 0 unspecified atom stereocenters. The minimum Gasteiger partial charge on any atom is -0.450 e. The molecule has 1 fully saturated rings. The van der Waals surface area contributed by atoms with Crippen LogP contribution in [0.3, 0.4) is 0 Å². The summed E-state index contributed by atoms with van der Waals surface area (Å²) in [4.78, 5) is 28.3. The molecule has 3 amide bonds. The summed E-state index contributed by atoms with van der Waals surface area (Å²) < 4.78 is 32.7. The molecule has 2 aromatic carbocycles. The van der Waals surface area contributed by atoms with Crippen molar-refractivity contribution in [3.8, 4) is 0 Å². The lowest BCUT2D eigenvalue weighted by atomic mass is 10.2. The quantitative estimate of drug-likeness (QED) is 0.652. The van der Waals surface area contributed by atoms with Crippen LogP contribution in [0.25, 0.3) is 0 Å². The van der Waals surface area contributed by atoms with E-state index in [-0.39, 0.29) is 44.2 Å². The first-order chi connectivity index (χ1) is 15.2. The number of sulfonamides is 1. The van der Waals surface area contributed by atoms with E-state index in [0.717, 1.165) is 9.87 Å². The normalized spacial score (nSPS) is 14.2. The van der Waals surface area contributed by atoms with Gasteiger partial charge in [-0.05, 0) is 43.7 Å². The van der Waals surface area contributed by atoms with Crippen LogP contribution < -0.4 is 0 Å². The Morgan fingerprint density at radius 3 is 2.25 bits per heavy atom. The second-order valence-corrected chi connectivity index (χ2v) is 9.71. The van der Waals surface area contributed by atoms with Gasteiger partial charge in [-0.15, -0.1) is 0 Å². The van der Waals surface area contributed by atoms with Crippen molar-refractivity contribution >= 4 is 33.7 Å². The third kappa shape index (κ3) is 5.52. The van der Waals surface area contributed by atoms with Crippen LogP contribution in [0.1, 0.15) is 18.1 Å². The highest BCUT2D eigenvalue weighted by Crippen LogP contribution is 2.23. The highest BCUT2D eigenvalue weighted by molar-refractivity contribution is 7.89. The van der Waals surface area contributed by atoms with Crippen molar-refractivity contribution < 1.29 is 22.7 Å². The Morgan fingerprint density at radius 2 is 1.66 bits per heavy atom. The van der Waals surface area contributed by atoms with Crippen LogP contribution in [0.4, 0.5) is 9.59 Å². The second kappa shape index (κ2) is 10.2. The number of hydrogen-bond acceptors (Lipinski definition) is 5. The Balaban J connectivity index is 1.86. The van der Waals surface area contributed by atoms with Crippen LogP contribution in [0.2, 0.25) is 5.02 Å². The Hall–Kier alpha value is -2.78. The van der Waals surface area contributed by atoms with E-state index in [1.165, 1.54) is 21.9 Å². The van der Waals surface area contributed by atoms with E-state index < -0.39 is 22.1 Å². The Morgan fingerprint density at radius 1 is 1.03 bits per heavy atom. The van der Waals surface area contributed by atoms with Crippen LogP contribution in [0, 0.1) is 6.92 Å². The van der Waals surface area contributed by atoms with E-state index in [1.54, 1.807) is 43.3 Å². The molecule has 10 heteroatoms. The maximum Gasteiger partial charge on any atom is 0.409 e. The molecule has 2 aromatic rings. The molecule has 1 aliphatic heterocycles. The minimum atomic E-state index is -4.12. The average molecular weight is 480 g/mol. The molecule has 0 saturated carbocycles. The summed E-state index contributed by atoms with van der Waals surface area (Å²) in [6.07, 6.45) is -0.442. The van der Waals surface area contributed by atoms with E-state index in [1.807, 2.05) is 6.92 Å². The fourth-order valence-electron chi connectivity index (χ4n) is 3.35. The van der Waals surface area contributed by atoms with E-state index in [4.69, 9.17) is 16.3 Å². The van der Waals surface area contributed by atoms with Crippen LogP contribution in [0.15, 0.2) is 53.4 Å². The number of halogens is 1. The molecule has 3 rings (SSSR count). The van der Waals surface area contributed by atoms with Crippen LogP contribution in [-0.4, -0.2) is 67.4 Å². The zero-order valence-corrected chi connectivity index (χ0v) is 19.6. The van der Waals surface area contributed by atoms with Gasteiger partial charge in [-0.2, -0.15) is 0 Å². The molecule has 0 aliphatic carbocycles. The molecule has 0 radical (unpaired) electrons. The van der Waals surface area contributed by atoms with Gasteiger partial charge >= 0.3 is 12.1 Å². The number of benzene rings is 2. The first-order valence-corrected chi connectivity index (χ1v) is 12.1. The van der Waals surface area contributed by atoms with Crippen molar-refractivity contribution in [3.05, 3.63) is 64.7 Å². The highest BCUT2D eigenvalue weighted by Gasteiger charge is 2.35. The predicted octanol–water partition coefficient (Wildman–Crippen LogP) is 3.73. The third-order valence-corrected chi connectivity index (χ3v) is 7.08. The molecular weight excluding hydrogens is 454 g/mol. The zero-order chi connectivity index (χ0) is 23.3. The number of carbonyl (C=O) groups is 2. The lowest BCUT2D eigenvalue weighted by Gasteiger charge is -2.36. The number of urea groups is 1. The Bertz CT molecular complexity index is 1070. The van der Waals surface area contributed by atoms with Gasteiger partial charge in [0.2, 0.25) is 0 Å². The molecule has 0 spiro atoms. The maximum atomic E-state index is 13.4. The number of piperazine rings is 1. The largest absolute Gasteiger partial charge is 0.450 e. The minimum absolute atomic E-state index is 0.0311. The SMILES string of the molecule is CCOC(=O)N1CCN(C(=O)N(Cc2cccc(Cl)c2)S(=O)(=O)c2ccc(C)cc2)CC1. The molecule has 172 valence electrons. The molecule has 0 atom stereocenters. The molecular formula is C22H26ClN3O5S. The first-order valence-electron chi connectivity index (χ1n) is 10.3. The molecule has 0 bridgehead atoms. The molecule has 1 aliphatic rings. The molecule has 1 saturated heterocycles. The summed E-state index contributed by atoms with van der Waals surface area (Å²) in [5, 5.41) is 0.450. The molecule has 1 heterocycles. The fourth-order valence-corrected chi connectivity index (χ4v) is 4.93. The lowest BCUT2D eigenvalue weighted by molar-refractivity contribution is 0.0822. The van der Waals surface area contributed by atoms with E-state index in [9.17, 15) is 18.0 Å². The summed E-state index contributed by atoms with van der Waals surface area (Å²) in [7, 11) is -4.12. The Labute approximate surface area is 193 Å². The van der Waals surface area contributed by atoms with Crippen molar-refractivity contribution in [3.63, 3.8) is 0 Å². The van der Waals surface area contributed by atoms with Gasteiger partial charge in [-0.3, -0.25) is 0 Å². The predicted molar refractivity (Wildman–Crippen MR) is 121 cm³/mol. The molecule has 8 nitrogen and oxygen atoms in total. The Kier molecular flexibility index (Phi) is 7.63. The number of hydrogen-bond donors (Lipinski definition) is 0. The van der Waals surface area contributed by atoms with Crippen LogP contribution in [-0.2, 0) is 21.3 Å². The average Bonchev–Trinajstić information content (AvgIpc) is 2.77. The number of nitrogens with zero attached hydrogens (tertiary/aromatic N) is 3. The zero-order valence-electron chi connectivity index (χ0n) is 18.0. The van der Waals surface area contributed by atoms with Gasteiger partial charge in [0, 0.05) is 31.2 Å². The highest BCUT2D eigenvalue weighted by atomic mass is 35.5. The third-order valence-electron chi connectivity index (χ3n) is 5.11. The summed E-state index contributed by atoms with van der Waals surface area (Å²) >= 11 is 6.06. The molecule has 0 N–H and O–H groups in total. The van der Waals surface area contributed by atoms with Gasteiger partial charge in [0.1, 0.15) is 0 Å². The molecule has 32 heavy (non-hydrogen) atoms. The summed E-state index contributed by atoms with van der Waals surface area (Å²) in [5.41, 5.74) is 1.50. The van der Waals surface area contributed by atoms with E-state index >= 15 is 0 Å². The van der Waals surface area contributed by atoms with Gasteiger partial charge < -0.3 is 14.5 Å². The van der Waals surface area contributed by atoms with Gasteiger partial charge in [0.15, 0.2) is 0 Å². The summed E-state index contributed by atoms with van der Waals surface area (Å²) in [6, 6.07) is 12.4. The van der Waals surface area contributed by atoms with Crippen molar-refractivity contribution in [2.75, 3.05) is 32.8 Å². The number of carbonyl (C=O) groups excluding carboxylic acids is 2. The second-order valence-electron chi connectivity index (χ2n) is 7.41. The number of rotatable bonds is 5. The van der Waals surface area contributed by atoms with Crippen molar-refractivity contribution in [1.29, 1.82) is 0 Å². The number of ether oxygens (including phenoxy) is 1. The van der Waals surface area contributed by atoms with Crippen LogP contribution in [0.5, 0.6) is 0 Å². The number of aryl methyl sites for hydroxylation is 1. The summed E-state index contributed by atoms with van der Waals surface area (Å²) in [5.74, 6) is 0. The van der Waals surface area contributed by atoms with Gasteiger partial charge in [0.05, 0.1) is 18.0 Å². The smallest absolute Gasteiger partial charge is 0.409 e. The fraction of sp³-hybridized carbons (Fsp3) is 0.364. The van der Waals surface area contributed by atoms with Crippen LogP contribution >= 0.6 is 11.6 Å². The van der Waals surface area contributed by atoms with Crippen molar-refractivity contribution in [1.82, 2.24) is 14.1 Å².